The Morgan fingerprint density at radius 1 is 0.400 bits per heavy atom. The van der Waals surface area contributed by atoms with Gasteiger partial charge in [0.15, 0.2) is 0 Å². The van der Waals surface area contributed by atoms with Crippen LogP contribution in [0.1, 0.15) is 11.1 Å². The summed E-state index contributed by atoms with van der Waals surface area (Å²) in [4.78, 5) is 5.40. The maximum atomic E-state index is 15.0. The number of nitriles is 1. The van der Waals surface area contributed by atoms with Gasteiger partial charge in [-0.1, -0.05) is 133 Å². The Labute approximate surface area is 397 Å². The minimum Gasteiger partial charge on any atom is -0.307 e. The van der Waals surface area contributed by atoms with Crippen molar-refractivity contribution in [3.05, 3.63) is 224 Å². The summed E-state index contributed by atoms with van der Waals surface area (Å²) in [6, 6.07) is 69.7. The van der Waals surface area contributed by atoms with Gasteiger partial charge in [-0.15, -0.1) is 0 Å². The van der Waals surface area contributed by atoms with Gasteiger partial charge < -0.3 is 13.7 Å². The number of nitrogens with zero attached hydrogens (tertiary/aromatic N) is 6. The van der Waals surface area contributed by atoms with Crippen molar-refractivity contribution in [2.75, 3.05) is 0 Å². The van der Waals surface area contributed by atoms with Crippen LogP contribution in [0.25, 0.3) is 121 Å². The molecule has 330 valence electrons. The normalized spacial score (nSPS) is 12.2. The van der Waals surface area contributed by atoms with E-state index in [0.29, 0.717) is 17.1 Å². The standard InChI is InChI=1S/C61H35F3N6/c62-61(63,64)39-32-37(35-65)31-38(33-39)50-34-56(70-54-26-14-10-22-45(54)49-30-28-47-43-20-8-12-24-52(43)68(58(47)60(49)70)41-17-5-2-6-18-41)66-36-55(50)69-53-25-13-9-21-44(53)48-29-27-46-42-19-7-11-23-51(42)67(57(46)59(48)69)40-15-3-1-4-16-40/h1-34,36H. The predicted octanol–water partition coefficient (Wildman–Crippen LogP) is 16.0. The largest absolute Gasteiger partial charge is 0.416 e. The average molecular weight is 909 g/mol. The zero-order chi connectivity index (χ0) is 46.8. The van der Waals surface area contributed by atoms with E-state index in [1.165, 1.54) is 0 Å². The molecule has 0 aliphatic heterocycles. The molecule has 0 spiro atoms. The van der Waals surface area contributed by atoms with Crippen LogP contribution in [0.4, 0.5) is 13.2 Å². The Hall–Kier alpha value is -9.39. The second-order valence-electron chi connectivity index (χ2n) is 17.8. The van der Waals surface area contributed by atoms with Crippen LogP contribution in [0.3, 0.4) is 0 Å². The summed E-state index contributed by atoms with van der Waals surface area (Å²) in [5.74, 6) is 0.502. The van der Waals surface area contributed by atoms with Gasteiger partial charge in [0.2, 0.25) is 0 Å². The molecule has 0 aliphatic rings. The van der Waals surface area contributed by atoms with Crippen molar-refractivity contribution in [1.29, 1.82) is 5.26 Å². The first kappa shape index (κ1) is 39.7. The Balaban J connectivity index is 1.16. The van der Waals surface area contributed by atoms with Gasteiger partial charge in [0.25, 0.3) is 0 Å². The Bertz CT molecular complexity index is 4530. The summed E-state index contributed by atoms with van der Waals surface area (Å²) in [5, 5.41) is 18.5. The quantitative estimate of drug-likeness (QED) is 0.173. The number of alkyl halides is 3. The smallest absolute Gasteiger partial charge is 0.307 e. The molecule has 14 rings (SSSR count). The van der Waals surface area contributed by atoms with Crippen LogP contribution in [0, 0.1) is 11.3 Å². The van der Waals surface area contributed by atoms with Crippen LogP contribution in [-0.4, -0.2) is 23.3 Å². The lowest BCUT2D eigenvalue weighted by Gasteiger charge is -2.19. The van der Waals surface area contributed by atoms with Crippen molar-refractivity contribution >= 4 is 87.2 Å². The zero-order valence-corrected chi connectivity index (χ0v) is 37.0. The van der Waals surface area contributed by atoms with Gasteiger partial charge in [0, 0.05) is 60.0 Å². The minimum atomic E-state index is -4.73. The van der Waals surface area contributed by atoms with Crippen LogP contribution in [0.15, 0.2) is 212 Å². The molecule has 70 heavy (non-hydrogen) atoms. The van der Waals surface area contributed by atoms with E-state index in [0.717, 1.165) is 111 Å². The van der Waals surface area contributed by atoms with Crippen molar-refractivity contribution in [1.82, 2.24) is 23.3 Å². The van der Waals surface area contributed by atoms with E-state index in [1.54, 1.807) is 12.3 Å². The maximum absolute atomic E-state index is 15.0. The number of pyridine rings is 1. The van der Waals surface area contributed by atoms with Crippen molar-refractivity contribution in [2.45, 2.75) is 6.18 Å². The molecule has 0 bridgehead atoms. The van der Waals surface area contributed by atoms with E-state index in [4.69, 9.17) is 4.98 Å². The van der Waals surface area contributed by atoms with Gasteiger partial charge in [-0.25, -0.2) is 4.98 Å². The minimum absolute atomic E-state index is 0.103. The molecule has 0 saturated carbocycles. The SMILES string of the molecule is N#Cc1cc(-c2cc(-n3c4ccccc4c4ccc5c6ccccc6n(-c6ccccc6)c5c43)ncc2-n2c3ccccc3c3ccc4c5ccccc5n(-c5ccccc5)c4c32)cc(C(F)(F)F)c1. The number of aromatic nitrogens is 5. The Kier molecular flexibility index (Phi) is 8.41. The summed E-state index contributed by atoms with van der Waals surface area (Å²) in [6.45, 7) is 0. The lowest BCUT2D eigenvalue weighted by Crippen LogP contribution is -2.07. The lowest BCUT2D eigenvalue weighted by atomic mass is 9.98. The molecule has 9 aromatic carbocycles. The van der Waals surface area contributed by atoms with Crippen molar-refractivity contribution in [3.63, 3.8) is 0 Å². The molecule has 0 atom stereocenters. The molecule has 9 heteroatoms. The van der Waals surface area contributed by atoms with Gasteiger partial charge >= 0.3 is 6.18 Å². The molecule has 0 N–H and O–H groups in total. The molecule has 6 nitrogen and oxygen atoms in total. The third kappa shape index (κ3) is 5.65. The van der Waals surface area contributed by atoms with Crippen LogP contribution in [0.5, 0.6) is 0 Å². The molecule has 0 unspecified atom stereocenters. The summed E-state index contributed by atoms with van der Waals surface area (Å²) in [7, 11) is 0. The van der Waals surface area contributed by atoms with E-state index in [-0.39, 0.29) is 11.1 Å². The average Bonchev–Trinajstić information content (AvgIpc) is 4.14. The fourth-order valence-corrected chi connectivity index (χ4v) is 11.2. The van der Waals surface area contributed by atoms with Crippen LogP contribution >= 0.6 is 0 Å². The highest BCUT2D eigenvalue weighted by molar-refractivity contribution is 6.25. The highest BCUT2D eigenvalue weighted by Gasteiger charge is 2.32. The van der Waals surface area contributed by atoms with Gasteiger partial charge in [0.05, 0.1) is 73.2 Å². The van der Waals surface area contributed by atoms with E-state index in [1.807, 2.05) is 97.1 Å². The molecule has 0 aliphatic carbocycles. The molecule has 5 heterocycles. The van der Waals surface area contributed by atoms with Crippen LogP contribution < -0.4 is 0 Å². The number of fused-ring (bicyclic) bond motifs is 14. The second-order valence-corrected chi connectivity index (χ2v) is 17.8. The monoisotopic (exact) mass is 908 g/mol. The first-order valence-corrected chi connectivity index (χ1v) is 23.0. The summed E-state index contributed by atoms with van der Waals surface area (Å²) in [5.41, 5.74) is 9.67. The summed E-state index contributed by atoms with van der Waals surface area (Å²) < 4.78 is 53.9. The third-order valence-corrected chi connectivity index (χ3v) is 14.0. The van der Waals surface area contributed by atoms with E-state index < -0.39 is 11.7 Å². The molecule has 0 saturated heterocycles. The van der Waals surface area contributed by atoms with Crippen molar-refractivity contribution < 1.29 is 13.2 Å². The fourth-order valence-electron chi connectivity index (χ4n) is 11.2. The first-order valence-electron chi connectivity index (χ1n) is 23.0. The molecule has 0 amide bonds. The number of para-hydroxylation sites is 6. The van der Waals surface area contributed by atoms with Gasteiger partial charge in [-0.3, -0.25) is 4.57 Å². The van der Waals surface area contributed by atoms with Crippen LogP contribution in [0.2, 0.25) is 0 Å². The lowest BCUT2D eigenvalue weighted by molar-refractivity contribution is -0.137. The molecule has 14 aromatic rings. The van der Waals surface area contributed by atoms with E-state index >= 15 is 13.2 Å². The molecule has 5 aromatic heterocycles. The number of rotatable bonds is 5. The highest BCUT2D eigenvalue weighted by atomic mass is 19.4. The molecular formula is C61H35F3N6. The highest BCUT2D eigenvalue weighted by Crippen LogP contribution is 2.46. The number of benzene rings is 9. The molecule has 0 fully saturated rings. The number of hydrogen-bond acceptors (Lipinski definition) is 2. The predicted molar refractivity (Wildman–Crippen MR) is 277 cm³/mol. The van der Waals surface area contributed by atoms with Crippen molar-refractivity contribution in [2.24, 2.45) is 0 Å². The second kappa shape index (κ2) is 14.8. The van der Waals surface area contributed by atoms with Gasteiger partial charge in [0.1, 0.15) is 5.82 Å². The third-order valence-electron chi connectivity index (χ3n) is 14.0. The Morgan fingerprint density at radius 2 is 0.800 bits per heavy atom. The topological polar surface area (TPSA) is 56.4 Å². The summed E-state index contributed by atoms with van der Waals surface area (Å²) >= 11 is 0. The fraction of sp³-hybridized carbons (Fsp3) is 0.0164. The van der Waals surface area contributed by atoms with E-state index in [9.17, 15) is 5.26 Å². The summed E-state index contributed by atoms with van der Waals surface area (Å²) in [6.07, 6.45) is -2.93. The molecule has 0 radical (unpaired) electrons. The van der Waals surface area contributed by atoms with E-state index in [2.05, 4.69) is 115 Å². The number of hydrogen-bond donors (Lipinski definition) is 0. The Morgan fingerprint density at radius 3 is 1.26 bits per heavy atom. The zero-order valence-electron chi connectivity index (χ0n) is 37.0. The van der Waals surface area contributed by atoms with Gasteiger partial charge in [-0.2, -0.15) is 18.4 Å². The van der Waals surface area contributed by atoms with Crippen LogP contribution in [-0.2, 0) is 6.18 Å². The first-order chi connectivity index (χ1) is 34.4. The maximum Gasteiger partial charge on any atom is 0.416 e. The van der Waals surface area contributed by atoms with Crippen molar-refractivity contribution in [3.8, 4) is 40.1 Å². The number of halogens is 3. The van der Waals surface area contributed by atoms with Gasteiger partial charge in [-0.05, 0) is 78.4 Å². The molecular weight excluding hydrogens is 874 g/mol.